The number of fused-ring (bicyclic) bond motifs is 1. The SMILES string of the molecule is O=C(CCn1c(N2CCCCC2)nc2ccsc2c1=O)NCCc1ccc(Cl)cc1. The van der Waals surface area contributed by atoms with Crippen molar-refractivity contribution in [3.05, 3.63) is 56.7 Å². The molecule has 3 aromatic rings. The van der Waals surface area contributed by atoms with Gasteiger partial charge in [0.25, 0.3) is 5.56 Å². The Labute approximate surface area is 184 Å². The highest BCUT2D eigenvalue weighted by Crippen LogP contribution is 2.22. The standard InChI is InChI=1S/C22H25ClN4O2S/c23-17-6-4-16(5-7-17)8-11-24-19(28)9-14-27-21(29)20-18(10-15-30-20)25-22(27)26-12-2-1-3-13-26/h4-7,10,15H,1-3,8-9,11-14H2,(H,24,28). The fourth-order valence-corrected chi connectivity index (χ4v) is 4.67. The quantitative estimate of drug-likeness (QED) is 0.601. The lowest BCUT2D eigenvalue weighted by Crippen LogP contribution is -2.37. The van der Waals surface area contributed by atoms with E-state index in [1.54, 1.807) is 4.57 Å². The van der Waals surface area contributed by atoms with E-state index in [0.717, 1.165) is 43.4 Å². The molecule has 3 heterocycles. The van der Waals surface area contributed by atoms with Crippen molar-refractivity contribution >= 4 is 45.0 Å². The van der Waals surface area contributed by atoms with Gasteiger partial charge in [-0.1, -0.05) is 23.7 Å². The Morgan fingerprint density at radius 2 is 1.90 bits per heavy atom. The highest BCUT2D eigenvalue weighted by atomic mass is 35.5. The molecule has 1 aliphatic heterocycles. The highest BCUT2D eigenvalue weighted by Gasteiger charge is 2.20. The molecule has 4 rings (SSSR count). The number of aromatic nitrogens is 2. The second kappa shape index (κ2) is 9.62. The molecule has 0 saturated carbocycles. The first-order valence-electron chi connectivity index (χ1n) is 10.4. The van der Waals surface area contributed by atoms with Gasteiger partial charge in [-0.15, -0.1) is 11.3 Å². The molecule has 6 nitrogen and oxygen atoms in total. The number of nitrogens with one attached hydrogen (secondary N) is 1. The molecule has 1 fully saturated rings. The molecular weight excluding hydrogens is 420 g/mol. The van der Waals surface area contributed by atoms with Gasteiger partial charge >= 0.3 is 0 Å². The Morgan fingerprint density at radius 1 is 1.13 bits per heavy atom. The molecule has 0 aliphatic carbocycles. The number of nitrogens with zero attached hydrogens (tertiary/aromatic N) is 3. The van der Waals surface area contributed by atoms with E-state index in [2.05, 4.69) is 10.2 Å². The van der Waals surface area contributed by atoms with Gasteiger partial charge in [0.2, 0.25) is 11.9 Å². The number of rotatable bonds is 7. The van der Waals surface area contributed by atoms with Crippen LogP contribution in [0.15, 0.2) is 40.5 Å². The van der Waals surface area contributed by atoms with E-state index in [1.165, 1.54) is 17.8 Å². The van der Waals surface area contributed by atoms with E-state index in [-0.39, 0.29) is 17.9 Å². The number of carbonyl (C=O) groups excluding carboxylic acids is 1. The van der Waals surface area contributed by atoms with Crippen LogP contribution in [0.25, 0.3) is 10.2 Å². The van der Waals surface area contributed by atoms with Crippen molar-refractivity contribution < 1.29 is 4.79 Å². The summed E-state index contributed by atoms with van der Waals surface area (Å²) in [7, 11) is 0. The molecule has 0 radical (unpaired) electrons. The minimum absolute atomic E-state index is 0.0514. The van der Waals surface area contributed by atoms with Crippen molar-refractivity contribution in [3.63, 3.8) is 0 Å². The first-order valence-corrected chi connectivity index (χ1v) is 11.6. The fraction of sp³-hybridized carbons (Fsp3) is 0.409. The molecule has 8 heteroatoms. The molecule has 30 heavy (non-hydrogen) atoms. The summed E-state index contributed by atoms with van der Waals surface area (Å²) >= 11 is 7.31. The third-order valence-corrected chi connectivity index (χ3v) is 6.54. The first kappa shape index (κ1) is 20.9. The van der Waals surface area contributed by atoms with Crippen molar-refractivity contribution in [1.29, 1.82) is 0 Å². The maximum atomic E-state index is 13.1. The van der Waals surface area contributed by atoms with Crippen LogP contribution in [0.2, 0.25) is 5.02 Å². The average molecular weight is 445 g/mol. The van der Waals surface area contributed by atoms with E-state index in [9.17, 15) is 9.59 Å². The van der Waals surface area contributed by atoms with Crippen LogP contribution in [0.5, 0.6) is 0 Å². The largest absolute Gasteiger partial charge is 0.356 e. The maximum Gasteiger partial charge on any atom is 0.272 e. The van der Waals surface area contributed by atoms with Crippen molar-refractivity contribution in [2.75, 3.05) is 24.5 Å². The molecule has 158 valence electrons. The van der Waals surface area contributed by atoms with E-state index in [1.807, 2.05) is 35.7 Å². The van der Waals surface area contributed by atoms with Crippen LogP contribution in [0.1, 0.15) is 31.2 Å². The molecule has 1 amide bonds. The Morgan fingerprint density at radius 3 is 2.67 bits per heavy atom. The van der Waals surface area contributed by atoms with Gasteiger partial charge in [0.05, 0.1) is 5.52 Å². The summed E-state index contributed by atoms with van der Waals surface area (Å²) in [5, 5.41) is 5.55. The minimum atomic E-state index is -0.0632. The molecular formula is C22H25ClN4O2S. The van der Waals surface area contributed by atoms with Gasteiger partial charge in [0.15, 0.2) is 0 Å². The summed E-state index contributed by atoms with van der Waals surface area (Å²) in [6.45, 7) is 2.68. The van der Waals surface area contributed by atoms with Gasteiger partial charge in [-0.25, -0.2) is 4.98 Å². The number of benzene rings is 1. The molecule has 0 bridgehead atoms. The van der Waals surface area contributed by atoms with Gasteiger partial charge in [-0.2, -0.15) is 0 Å². The molecule has 1 aliphatic rings. The zero-order valence-electron chi connectivity index (χ0n) is 16.8. The van der Waals surface area contributed by atoms with E-state index >= 15 is 0 Å². The van der Waals surface area contributed by atoms with Crippen LogP contribution >= 0.6 is 22.9 Å². The number of thiophene rings is 1. The van der Waals surface area contributed by atoms with Gasteiger partial charge in [-0.05, 0) is 54.8 Å². The monoisotopic (exact) mass is 444 g/mol. The molecule has 0 unspecified atom stereocenters. The second-order valence-corrected chi connectivity index (χ2v) is 8.88. The molecule has 2 aromatic heterocycles. The summed E-state index contributed by atoms with van der Waals surface area (Å²) in [6, 6.07) is 9.51. The number of halogens is 1. The normalized spacial score (nSPS) is 14.2. The first-order chi connectivity index (χ1) is 14.6. The van der Waals surface area contributed by atoms with Gasteiger partial charge < -0.3 is 10.2 Å². The molecule has 1 saturated heterocycles. The Balaban J connectivity index is 1.42. The topological polar surface area (TPSA) is 67.2 Å². The molecule has 1 aromatic carbocycles. The number of carbonyl (C=O) groups is 1. The summed E-state index contributed by atoms with van der Waals surface area (Å²) in [6.07, 6.45) is 4.40. The van der Waals surface area contributed by atoms with Gasteiger partial charge in [-0.3, -0.25) is 14.2 Å². The zero-order chi connectivity index (χ0) is 20.9. The lowest BCUT2D eigenvalue weighted by molar-refractivity contribution is -0.121. The third kappa shape index (κ3) is 4.84. The molecule has 1 N–H and O–H groups in total. The third-order valence-electron chi connectivity index (χ3n) is 5.40. The number of hydrogen-bond acceptors (Lipinski definition) is 5. The summed E-state index contributed by atoms with van der Waals surface area (Å²) in [5.74, 6) is 0.631. The van der Waals surface area contributed by atoms with Crippen LogP contribution in [-0.2, 0) is 17.8 Å². The zero-order valence-corrected chi connectivity index (χ0v) is 18.3. The van der Waals surface area contributed by atoms with Crippen LogP contribution < -0.4 is 15.8 Å². The van der Waals surface area contributed by atoms with Crippen molar-refractivity contribution in [2.45, 2.75) is 38.6 Å². The highest BCUT2D eigenvalue weighted by molar-refractivity contribution is 7.17. The van der Waals surface area contributed by atoms with Crippen molar-refractivity contribution in [3.8, 4) is 0 Å². The second-order valence-electron chi connectivity index (χ2n) is 7.53. The summed E-state index contributed by atoms with van der Waals surface area (Å²) in [5.41, 5.74) is 1.81. The van der Waals surface area contributed by atoms with E-state index < -0.39 is 0 Å². The van der Waals surface area contributed by atoms with Crippen molar-refractivity contribution in [2.24, 2.45) is 0 Å². The Kier molecular flexibility index (Phi) is 6.69. The van der Waals surface area contributed by atoms with E-state index in [4.69, 9.17) is 16.6 Å². The predicted octanol–water partition coefficient (Wildman–Crippen LogP) is 3.85. The van der Waals surface area contributed by atoms with Gasteiger partial charge in [0, 0.05) is 37.6 Å². The molecule has 0 spiro atoms. The number of piperidine rings is 1. The summed E-state index contributed by atoms with van der Waals surface area (Å²) < 4.78 is 2.34. The van der Waals surface area contributed by atoms with Crippen LogP contribution in [0.4, 0.5) is 5.95 Å². The minimum Gasteiger partial charge on any atom is -0.356 e. The maximum absolute atomic E-state index is 13.1. The smallest absolute Gasteiger partial charge is 0.272 e. The molecule has 0 atom stereocenters. The summed E-state index contributed by atoms with van der Waals surface area (Å²) in [4.78, 5) is 32.4. The van der Waals surface area contributed by atoms with Gasteiger partial charge in [0.1, 0.15) is 4.70 Å². The Hall–Kier alpha value is -2.38. The Bertz CT molecular complexity index is 1070. The van der Waals surface area contributed by atoms with Crippen LogP contribution in [-0.4, -0.2) is 35.1 Å². The van der Waals surface area contributed by atoms with Crippen LogP contribution in [0, 0.1) is 0 Å². The van der Waals surface area contributed by atoms with Crippen molar-refractivity contribution in [1.82, 2.24) is 14.9 Å². The lowest BCUT2D eigenvalue weighted by atomic mass is 10.1. The van der Waals surface area contributed by atoms with Crippen LogP contribution in [0.3, 0.4) is 0 Å². The number of hydrogen-bond donors (Lipinski definition) is 1. The lowest BCUT2D eigenvalue weighted by Gasteiger charge is -2.29. The predicted molar refractivity (Wildman–Crippen MR) is 123 cm³/mol. The number of amides is 1. The average Bonchev–Trinajstić information content (AvgIpc) is 3.24. The van der Waals surface area contributed by atoms with E-state index in [0.29, 0.717) is 28.8 Å². The fourth-order valence-electron chi connectivity index (χ4n) is 3.77. The number of anilines is 1.